The first kappa shape index (κ1) is 15.9. The van der Waals surface area contributed by atoms with E-state index >= 15 is 0 Å². The normalized spacial score (nSPS) is 14.5. The third-order valence-electron chi connectivity index (χ3n) is 4.20. The molecule has 0 saturated carbocycles. The molecule has 1 aliphatic rings. The Labute approximate surface area is 140 Å². The summed E-state index contributed by atoms with van der Waals surface area (Å²) in [6, 6.07) is 14.1. The maximum Gasteiger partial charge on any atom is 0.261 e. The number of imide groups is 1. The summed E-state index contributed by atoms with van der Waals surface area (Å²) in [4.78, 5) is 25.9. The number of hydrogen-bond donors (Lipinski definition) is 1. The maximum absolute atomic E-state index is 12.3. The Kier molecular flexibility index (Phi) is 4.15. The molecule has 0 aromatic heterocycles. The van der Waals surface area contributed by atoms with Crippen molar-refractivity contribution in [1.82, 2.24) is 4.90 Å². The highest BCUT2D eigenvalue weighted by molar-refractivity contribution is 6.21. The summed E-state index contributed by atoms with van der Waals surface area (Å²) in [6.45, 7) is 2.04. The van der Waals surface area contributed by atoms with Gasteiger partial charge in [-0.2, -0.15) is 5.26 Å². The summed E-state index contributed by atoms with van der Waals surface area (Å²) in [5, 5.41) is 8.97. The molecule has 0 fully saturated rings. The van der Waals surface area contributed by atoms with Gasteiger partial charge >= 0.3 is 0 Å². The van der Waals surface area contributed by atoms with Gasteiger partial charge in [-0.1, -0.05) is 24.3 Å². The van der Waals surface area contributed by atoms with Crippen molar-refractivity contribution in [1.29, 1.82) is 5.26 Å². The second kappa shape index (κ2) is 6.26. The zero-order chi connectivity index (χ0) is 17.3. The number of carbonyl (C=O) groups is 2. The number of nitriles is 1. The number of hydrogen-bond acceptors (Lipinski definition) is 4. The lowest BCUT2D eigenvalue weighted by Crippen LogP contribution is -2.41. The summed E-state index contributed by atoms with van der Waals surface area (Å²) in [5.41, 5.74) is 9.53. The third-order valence-corrected chi connectivity index (χ3v) is 4.20. The highest BCUT2D eigenvalue weighted by Crippen LogP contribution is 2.22. The minimum Gasteiger partial charge on any atom is -0.326 e. The summed E-state index contributed by atoms with van der Waals surface area (Å²) in [6.07, 6.45) is 0.528. The molecule has 0 unspecified atom stereocenters. The molecule has 0 saturated heterocycles. The number of aryl methyl sites for hydroxylation is 1. The molecule has 2 aromatic carbocycles. The largest absolute Gasteiger partial charge is 0.326 e. The zero-order valence-corrected chi connectivity index (χ0v) is 13.3. The van der Waals surface area contributed by atoms with Crippen LogP contribution in [0.2, 0.25) is 0 Å². The van der Waals surface area contributed by atoms with Crippen molar-refractivity contribution in [3.63, 3.8) is 0 Å². The van der Waals surface area contributed by atoms with E-state index in [0.717, 1.165) is 11.1 Å². The van der Waals surface area contributed by atoms with Gasteiger partial charge in [-0.15, -0.1) is 0 Å². The van der Waals surface area contributed by atoms with Crippen LogP contribution >= 0.6 is 0 Å². The Morgan fingerprint density at radius 1 is 1.12 bits per heavy atom. The Balaban J connectivity index is 1.71. The molecule has 1 aliphatic heterocycles. The van der Waals surface area contributed by atoms with E-state index in [9.17, 15) is 9.59 Å². The van der Waals surface area contributed by atoms with Gasteiger partial charge in [-0.25, -0.2) is 0 Å². The number of benzene rings is 2. The van der Waals surface area contributed by atoms with Crippen molar-refractivity contribution in [2.75, 3.05) is 6.54 Å². The number of carbonyl (C=O) groups excluding carboxylic acids is 2. The van der Waals surface area contributed by atoms with Crippen LogP contribution in [0, 0.1) is 18.3 Å². The summed E-state index contributed by atoms with van der Waals surface area (Å²) in [7, 11) is 0. The van der Waals surface area contributed by atoms with E-state index in [2.05, 4.69) is 6.07 Å². The number of nitrogens with two attached hydrogens (primary N) is 1. The summed E-state index contributed by atoms with van der Waals surface area (Å²) < 4.78 is 0. The maximum atomic E-state index is 12.3. The Bertz CT molecular complexity index is 832. The smallest absolute Gasteiger partial charge is 0.261 e. The molecule has 5 nitrogen and oxygen atoms in total. The van der Waals surface area contributed by atoms with Gasteiger partial charge in [0.25, 0.3) is 11.8 Å². The molecule has 2 amide bonds. The summed E-state index contributed by atoms with van der Waals surface area (Å²) >= 11 is 0. The number of nitrogens with zero attached hydrogens (tertiary/aromatic N) is 2. The Morgan fingerprint density at radius 3 is 2.29 bits per heavy atom. The fraction of sp³-hybridized carbons (Fsp3) is 0.211. The molecule has 0 aliphatic carbocycles. The molecular formula is C19H17N3O2. The molecule has 5 heteroatoms. The number of rotatable bonds is 4. The van der Waals surface area contributed by atoms with Crippen LogP contribution in [-0.4, -0.2) is 29.3 Å². The third kappa shape index (κ3) is 2.80. The van der Waals surface area contributed by atoms with E-state index in [1.165, 1.54) is 4.90 Å². The monoisotopic (exact) mass is 319 g/mol. The van der Waals surface area contributed by atoms with Crippen LogP contribution in [0.4, 0.5) is 0 Å². The second-order valence-electron chi connectivity index (χ2n) is 5.99. The summed E-state index contributed by atoms with van der Waals surface area (Å²) in [5.74, 6) is -0.580. The number of amides is 2. The van der Waals surface area contributed by atoms with Gasteiger partial charge in [0.1, 0.15) is 0 Å². The number of fused-ring (bicyclic) bond motifs is 1. The van der Waals surface area contributed by atoms with Crippen molar-refractivity contribution in [3.8, 4) is 6.07 Å². The first-order valence-corrected chi connectivity index (χ1v) is 7.71. The van der Waals surface area contributed by atoms with Gasteiger partial charge in [-0.05, 0) is 42.7 Å². The van der Waals surface area contributed by atoms with Crippen LogP contribution < -0.4 is 5.73 Å². The predicted octanol–water partition coefficient (Wildman–Crippen LogP) is 2.03. The molecule has 24 heavy (non-hydrogen) atoms. The van der Waals surface area contributed by atoms with E-state index < -0.39 is 0 Å². The van der Waals surface area contributed by atoms with Gasteiger partial charge in [0.15, 0.2) is 0 Å². The molecule has 0 radical (unpaired) electrons. The lowest BCUT2D eigenvalue weighted by atomic mass is 10.0. The first-order chi connectivity index (χ1) is 11.5. The van der Waals surface area contributed by atoms with Gasteiger partial charge in [0.05, 0.1) is 22.8 Å². The highest BCUT2D eigenvalue weighted by Gasteiger charge is 2.35. The average Bonchev–Trinajstić information content (AvgIpc) is 2.80. The lowest BCUT2D eigenvalue weighted by Gasteiger charge is -2.19. The average molecular weight is 319 g/mol. The van der Waals surface area contributed by atoms with Crippen molar-refractivity contribution in [3.05, 3.63) is 70.3 Å². The Morgan fingerprint density at radius 2 is 1.75 bits per heavy atom. The quantitative estimate of drug-likeness (QED) is 0.874. The highest BCUT2D eigenvalue weighted by atomic mass is 16.2. The predicted molar refractivity (Wildman–Crippen MR) is 89.4 cm³/mol. The van der Waals surface area contributed by atoms with E-state index in [-0.39, 0.29) is 24.4 Å². The molecule has 0 spiro atoms. The molecule has 1 atom stereocenters. The minimum absolute atomic E-state index is 0.172. The fourth-order valence-electron chi connectivity index (χ4n) is 2.98. The van der Waals surface area contributed by atoms with E-state index in [0.29, 0.717) is 23.1 Å². The van der Waals surface area contributed by atoms with E-state index in [1.54, 1.807) is 30.3 Å². The van der Waals surface area contributed by atoms with Gasteiger partial charge in [-0.3, -0.25) is 14.5 Å². The second-order valence-corrected chi connectivity index (χ2v) is 5.99. The van der Waals surface area contributed by atoms with Crippen molar-refractivity contribution < 1.29 is 9.59 Å². The molecule has 0 bridgehead atoms. The van der Waals surface area contributed by atoms with Crippen LogP contribution in [0.25, 0.3) is 0 Å². The van der Waals surface area contributed by atoms with Crippen LogP contribution in [0.1, 0.15) is 37.4 Å². The molecule has 120 valence electrons. The molecular weight excluding hydrogens is 302 g/mol. The molecule has 3 rings (SSSR count). The van der Waals surface area contributed by atoms with Crippen LogP contribution in [0.15, 0.2) is 42.5 Å². The molecule has 1 heterocycles. The zero-order valence-electron chi connectivity index (χ0n) is 13.3. The van der Waals surface area contributed by atoms with Crippen LogP contribution in [0.5, 0.6) is 0 Å². The van der Waals surface area contributed by atoms with Crippen molar-refractivity contribution >= 4 is 11.8 Å². The lowest BCUT2D eigenvalue weighted by molar-refractivity contribution is 0.0644. The van der Waals surface area contributed by atoms with Crippen LogP contribution in [0.3, 0.4) is 0 Å². The first-order valence-electron chi connectivity index (χ1n) is 7.71. The molecule has 2 N–H and O–H groups in total. The SMILES string of the molecule is Cc1cc(C[C@@H](N)CN2C(=O)c3ccccc3C2=O)ccc1C#N. The van der Waals surface area contributed by atoms with E-state index in [4.69, 9.17) is 11.0 Å². The standard InChI is InChI=1S/C19H17N3O2/c1-12-8-13(6-7-14(12)10-20)9-15(21)11-22-18(23)16-4-2-3-5-17(16)19(22)24/h2-8,15H,9,11,21H2,1H3/t15-/m1/s1. The van der Waals surface area contributed by atoms with Gasteiger partial charge in [0.2, 0.25) is 0 Å². The Hall–Kier alpha value is -2.97. The minimum atomic E-state index is -0.362. The topological polar surface area (TPSA) is 87.2 Å². The van der Waals surface area contributed by atoms with Crippen molar-refractivity contribution in [2.45, 2.75) is 19.4 Å². The fourth-order valence-corrected chi connectivity index (χ4v) is 2.98. The van der Waals surface area contributed by atoms with Crippen LogP contribution in [-0.2, 0) is 6.42 Å². The van der Waals surface area contributed by atoms with E-state index in [1.807, 2.05) is 19.1 Å². The van der Waals surface area contributed by atoms with Gasteiger partial charge in [0, 0.05) is 12.6 Å². The molecule has 2 aromatic rings. The van der Waals surface area contributed by atoms with Gasteiger partial charge < -0.3 is 5.73 Å². The van der Waals surface area contributed by atoms with Crippen molar-refractivity contribution in [2.24, 2.45) is 5.73 Å².